The fourth-order valence-corrected chi connectivity index (χ4v) is 6.49. The predicted molar refractivity (Wildman–Crippen MR) is 156 cm³/mol. The van der Waals surface area contributed by atoms with Crippen molar-refractivity contribution >= 4 is 17.9 Å². The van der Waals surface area contributed by atoms with Gasteiger partial charge in [-0.05, 0) is 56.3 Å². The Labute approximate surface area is 248 Å². The fraction of sp³-hybridized carbons (Fsp3) is 0.700. The molecule has 0 aliphatic carbocycles. The van der Waals surface area contributed by atoms with Gasteiger partial charge in [-0.25, -0.2) is 4.79 Å². The number of nitrogens with two attached hydrogens (primary N) is 1. The van der Waals surface area contributed by atoms with Crippen molar-refractivity contribution in [1.29, 1.82) is 0 Å². The van der Waals surface area contributed by atoms with Gasteiger partial charge in [0.1, 0.15) is 0 Å². The van der Waals surface area contributed by atoms with Crippen LogP contribution in [0.5, 0.6) is 11.5 Å². The SMILES string of the molecule is CCCCN(CCCCN)C(=O)CN1C[C@H](c2cc(CO)c3c(c2)OCO3)[C@@H](C(=O)O)[C@@H]1CCN1CCCN(C)C1=O. The number of hydrogen-bond donors (Lipinski definition) is 3. The van der Waals surface area contributed by atoms with Crippen LogP contribution in [0.25, 0.3) is 0 Å². The van der Waals surface area contributed by atoms with Gasteiger partial charge in [-0.2, -0.15) is 0 Å². The Balaban J connectivity index is 1.61. The summed E-state index contributed by atoms with van der Waals surface area (Å²) in [4.78, 5) is 46.7. The molecule has 12 heteroatoms. The molecule has 3 aliphatic rings. The molecular weight excluding hydrogens is 542 g/mol. The number of urea groups is 1. The van der Waals surface area contributed by atoms with E-state index in [4.69, 9.17) is 15.2 Å². The number of nitrogens with zero attached hydrogens (tertiary/aromatic N) is 4. The summed E-state index contributed by atoms with van der Waals surface area (Å²) in [5.41, 5.74) is 6.97. The smallest absolute Gasteiger partial charge is 0.319 e. The van der Waals surface area contributed by atoms with Crippen LogP contribution in [0.4, 0.5) is 4.79 Å². The van der Waals surface area contributed by atoms with Crippen LogP contribution in [0.2, 0.25) is 0 Å². The van der Waals surface area contributed by atoms with Crippen LogP contribution in [-0.4, -0.2) is 120 Å². The molecule has 3 amide bonds. The number of fused-ring (bicyclic) bond motifs is 1. The maximum atomic E-state index is 13.7. The van der Waals surface area contributed by atoms with Gasteiger partial charge in [-0.15, -0.1) is 0 Å². The molecule has 42 heavy (non-hydrogen) atoms. The molecule has 3 atom stereocenters. The molecule has 4 rings (SSSR count). The summed E-state index contributed by atoms with van der Waals surface area (Å²) >= 11 is 0. The predicted octanol–water partition coefficient (Wildman–Crippen LogP) is 1.89. The van der Waals surface area contributed by atoms with Gasteiger partial charge in [0.15, 0.2) is 11.5 Å². The summed E-state index contributed by atoms with van der Waals surface area (Å²) in [5, 5.41) is 20.6. The molecule has 1 aromatic carbocycles. The molecule has 2 saturated heterocycles. The van der Waals surface area contributed by atoms with Crippen LogP contribution in [0, 0.1) is 5.92 Å². The zero-order chi connectivity index (χ0) is 30.2. The van der Waals surface area contributed by atoms with Crippen LogP contribution in [-0.2, 0) is 16.2 Å². The number of aliphatic hydroxyl groups is 1. The molecule has 12 nitrogen and oxygen atoms in total. The molecule has 2 fully saturated rings. The van der Waals surface area contributed by atoms with Crippen LogP contribution in [0.15, 0.2) is 12.1 Å². The van der Waals surface area contributed by atoms with E-state index in [1.807, 2.05) is 9.80 Å². The minimum Gasteiger partial charge on any atom is -0.481 e. The van der Waals surface area contributed by atoms with Gasteiger partial charge in [0.25, 0.3) is 0 Å². The van der Waals surface area contributed by atoms with Gasteiger partial charge < -0.3 is 40.1 Å². The summed E-state index contributed by atoms with van der Waals surface area (Å²) in [6, 6.07) is 3.07. The average Bonchev–Trinajstić information content (AvgIpc) is 3.60. The first-order chi connectivity index (χ1) is 20.3. The van der Waals surface area contributed by atoms with E-state index in [0.717, 1.165) is 37.7 Å². The van der Waals surface area contributed by atoms with Crippen LogP contribution in [0.3, 0.4) is 0 Å². The van der Waals surface area contributed by atoms with Gasteiger partial charge >= 0.3 is 12.0 Å². The quantitative estimate of drug-likeness (QED) is 0.261. The summed E-state index contributed by atoms with van der Waals surface area (Å²) in [7, 11) is 1.78. The topological polar surface area (TPSA) is 149 Å². The Morgan fingerprint density at radius 3 is 2.64 bits per heavy atom. The van der Waals surface area contributed by atoms with E-state index in [9.17, 15) is 24.6 Å². The molecule has 234 valence electrons. The average molecular weight is 590 g/mol. The second-order valence-electron chi connectivity index (χ2n) is 11.6. The van der Waals surface area contributed by atoms with E-state index in [0.29, 0.717) is 69.3 Å². The number of carbonyl (C=O) groups is 3. The Morgan fingerprint density at radius 1 is 1.14 bits per heavy atom. The molecule has 4 N–H and O–H groups in total. The van der Waals surface area contributed by atoms with E-state index in [2.05, 4.69) is 6.92 Å². The lowest BCUT2D eigenvalue weighted by molar-refractivity contribution is -0.144. The van der Waals surface area contributed by atoms with Gasteiger partial charge in [0.05, 0.1) is 19.1 Å². The maximum Gasteiger partial charge on any atom is 0.319 e. The van der Waals surface area contributed by atoms with Crippen LogP contribution < -0.4 is 15.2 Å². The summed E-state index contributed by atoms with van der Waals surface area (Å²) in [6.45, 7) is 5.91. The van der Waals surface area contributed by atoms with Crippen molar-refractivity contribution in [2.24, 2.45) is 11.7 Å². The minimum atomic E-state index is -0.948. The van der Waals surface area contributed by atoms with Gasteiger partial charge in [0.2, 0.25) is 12.7 Å². The van der Waals surface area contributed by atoms with Crippen LogP contribution >= 0.6 is 0 Å². The fourth-order valence-electron chi connectivity index (χ4n) is 6.49. The van der Waals surface area contributed by atoms with Gasteiger partial charge in [-0.3, -0.25) is 14.5 Å². The molecule has 0 spiro atoms. The number of aliphatic hydroxyl groups excluding tert-OH is 1. The number of benzene rings is 1. The number of hydrogen-bond acceptors (Lipinski definition) is 8. The third kappa shape index (κ3) is 7.27. The highest BCUT2D eigenvalue weighted by atomic mass is 16.7. The van der Waals surface area contributed by atoms with Crippen molar-refractivity contribution in [2.45, 2.75) is 64.0 Å². The van der Waals surface area contributed by atoms with E-state index in [1.165, 1.54) is 0 Å². The third-order valence-electron chi connectivity index (χ3n) is 8.77. The number of rotatable bonds is 15. The number of unbranched alkanes of at least 4 members (excludes halogenated alkanes) is 2. The number of aliphatic carboxylic acids is 1. The minimum absolute atomic E-state index is 0.0224. The second kappa shape index (κ2) is 14.9. The van der Waals surface area contributed by atoms with Crippen molar-refractivity contribution in [3.8, 4) is 11.5 Å². The van der Waals surface area contributed by atoms with E-state index in [1.54, 1.807) is 29.0 Å². The summed E-state index contributed by atoms with van der Waals surface area (Å²) < 4.78 is 11.1. The Hall–Kier alpha value is -3.09. The molecule has 3 heterocycles. The lowest BCUT2D eigenvalue weighted by Crippen LogP contribution is -2.50. The van der Waals surface area contributed by atoms with Crippen molar-refractivity contribution in [1.82, 2.24) is 19.6 Å². The standard InChI is InChI=1S/C30H47N5O7/c1-3-4-11-33(12-6-5-9-31)26(37)18-35-17-23(21-15-22(19-36)28-25(16-21)41-20-42-28)27(29(38)39)24(35)8-14-34-13-7-10-32(2)30(34)40/h15-16,23-24,27,36H,3-14,17-20,31H2,1-2H3,(H,38,39)/t23-,24+,27-/m1/s1. The van der Waals surface area contributed by atoms with Crippen molar-refractivity contribution in [3.63, 3.8) is 0 Å². The van der Waals surface area contributed by atoms with Crippen LogP contribution in [0.1, 0.15) is 62.5 Å². The zero-order valence-electron chi connectivity index (χ0n) is 25.0. The highest BCUT2D eigenvalue weighted by molar-refractivity contribution is 5.79. The second-order valence-corrected chi connectivity index (χ2v) is 11.6. The third-order valence-corrected chi connectivity index (χ3v) is 8.77. The number of amides is 3. The number of likely N-dealkylation sites (tertiary alicyclic amines) is 1. The first-order valence-electron chi connectivity index (χ1n) is 15.3. The highest BCUT2D eigenvalue weighted by Crippen LogP contribution is 2.44. The molecule has 3 aliphatic heterocycles. The first kappa shape index (κ1) is 31.8. The first-order valence-corrected chi connectivity index (χ1v) is 15.3. The van der Waals surface area contributed by atoms with E-state index < -0.39 is 23.8 Å². The molecule has 1 aromatic rings. The molecule has 0 radical (unpaired) electrons. The monoisotopic (exact) mass is 589 g/mol. The Kier molecular flexibility index (Phi) is 11.3. The van der Waals surface area contributed by atoms with Crippen molar-refractivity contribution in [2.75, 3.05) is 66.2 Å². The molecule has 0 aromatic heterocycles. The number of carbonyl (C=O) groups excluding carboxylic acids is 2. The lowest BCUT2D eigenvalue weighted by Gasteiger charge is -2.35. The molecule has 0 bridgehead atoms. The number of carboxylic acid groups (broad SMARTS) is 1. The number of carboxylic acids is 1. The summed E-state index contributed by atoms with van der Waals surface area (Å²) in [6.07, 6.45) is 4.80. The van der Waals surface area contributed by atoms with E-state index in [-0.39, 0.29) is 31.9 Å². The lowest BCUT2D eigenvalue weighted by atomic mass is 9.83. The Bertz CT molecular complexity index is 1100. The molecule has 0 saturated carbocycles. The van der Waals surface area contributed by atoms with Crippen molar-refractivity contribution in [3.05, 3.63) is 23.3 Å². The summed E-state index contributed by atoms with van der Waals surface area (Å²) in [5.74, 6) is -1.27. The number of ether oxygens (including phenoxy) is 2. The van der Waals surface area contributed by atoms with E-state index >= 15 is 0 Å². The Morgan fingerprint density at radius 2 is 1.93 bits per heavy atom. The maximum absolute atomic E-state index is 13.7. The van der Waals surface area contributed by atoms with Gasteiger partial charge in [-0.1, -0.05) is 13.3 Å². The highest BCUT2D eigenvalue weighted by Gasteiger charge is 2.48. The molecular formula is C30H47N5O7. The largest absolute Gasteiger partial charge is 0.481 e. The molecule has 0 unspecified atom stereocenters. The zero-order valence-corrected chi connectivity index (χ0v) is 25.0. The van der Waals surface area contributed by atoms with Gasteiger partial charge in [0, 0.05) is 63.8 Å². The normalized spacial score (nSPS) is 22.2. The van der Waals surface area contributed by atoms with Crippen molar-refractivity contribution < 1.29 is 34.1 Å².